The highest BCUT2D eigenvalue weighted by Crippen LogP contribution is 2.68. The van der Waals surface area contributed by atoms with Crippen LogP contribution >= 0.6 is 11.8 Å². The summed E-state index contributed by atoms with van der Waals surface area (Å²) in [6, 6.07) is -0.616. The van der Waals surface area contributed by atoms with E-state index >= 15 is 0 Å². The number of nitrogens with zero attached hydrogens (tertiary/aromatic N) is 1. The minimum Gasteiger partial charge on any atom is -0.396 e. The zero-order valence-electron chi connectivity index (χ0n) is 15.8. The van der Waals surface area contributed by atoms with Gasteiger partial charge in [-0.3, -0.25) is 14.4 Å². The van der Waals surface area contributed by atoms with Gasteiger partial charge >= 0.3 is 0 Å². The molecular formula is C18H29N3O4S. The molecule has 3 amide bonds. The van der Waals surface area contributed by atoms with E-state index in [1.54, 1.807) is 23.7 Å². The van der Waals surface area contributed by atoms with Gasteiger partial charge in [0.05, 0.1) is 16.6 Å². The van der Waals surface area contributed by atoms with E-state index < -0.39 is 16.7 Å². The van der Waals surface area contributed by atoms with Gasteiger partial charge in [0.15, 0.2) is 0 Å². The summed E-state index contributed by atoms with van der Waals surface area (Å²) in [5.41, 5.74) is 0. The van der Waals surface area contributed by atoms with Crippen LogP contribution in [0.25, 0.3) is 0 Å². The minimum absolute atomic E-state index is 0.0265. The van der Waals surface area contributed by atoms with Crippen molar-refractivity contribution >= 4 is 29.5 Å². The monoisotopic (exact) mass is 383 g/mol. The molecule has 0 aromatic rings. The summed E-state index contributed by atoms with van der Waals surface area (Å²) in [4.78, 5) is 40.6. The molecule has 3 rings (SSSR count). The predicted octanol–water partition coefficient (Wildman–Crippen LogP) is -0.0234. The minimum atomic E-state index is -0.589. The number of aliphatic hydroxyl groups is 1. The maximum Gasteiger partial charge on any atom is 0.244 e. The lowest BCUT2D eigenvalue weighted by molar-refractivity contribution is -0.140. The van der Waals surface area contributed by atoms with Crippen LogP contribution in [0.5, 0.6) is 0 Å². The molecule has 26 heavy (non-hydrogen) atoms. The van der Waals surface area contributed by atoms with Crippen molar-refractivity contribution in [3.63, 3.8) is 0 Å². The van der Waals surface area contributed by atoms with Gasteiger partial charge in [-0.1, -0.05) is 6.92 Å². The number of fused-ring (bicyclic) bond motifs is 1. The number of carbonyl (C=O) groups excluding carboxylic acids is 3. The number of likely N-dealkylation sites (tertiary alicyclic amines) is 1. The van der Waals surface area contributed by atoms with Crippen LogP contribution in [0.4, 0.5) is 0 Å². The lowest BCUT2D eigenvalue weighted by atomic mass is 9.66. The Bertz CT molecular complexity index is 613. The fourth-order valence-corrected chi connectivity index (χ4v) is 7.55. The van der Waals surface area contributed by atoms with Gasteiger partial charge in [0.1, 0.15) is 6.04 Å². The highest BCUT2D eigenvalue weighted by molar-refractivity contribution is 8.02. The molecule has 7 nitrogen and oxygen atoms in total. The number of nitrogens with one attached hydrogen (secondary N) is 2. The summed E-state index contributed by atoms with van der Waals surface area (Å²) in [5.74, 6) is -1.05. The first-order chi connectivity index (χ1) is 12.3. The Balaban J connectivity index is 2.04. The number of hydrogen-bond acceptors (Lipinski definition) is 5. The van der Waals surface area contributed by atoms with Gasteiger partial charge in [-0.25, -0.2) is 0 Å². The smallest absolute Gasteiger partial charge is 0.244 e. The van der Waals surface area contributed by atoms with Gasteiger partial charge in [-0.15, -0.1) is 11.8 Å². The Morgan fingerprint density at radius 2 is 2.08 bits per heavy atom. The lowest BCUT2D eigenvalue weighted by Gasteiger charge is -2.38. The predicted molar refractivity (Wildman–Crippen MR) is 99.4 cm³/mol. The molecule has 3 unspecified atom stereocenters. The van der Waals surface area contributed by atoms with Gasteiger partial charge in [0, 0.05) is 31.5 Å². The second kappa shape index (κ2) is 7.03. The molecule has 0 aromatic carbocycles. The molecule has 146 valence electrons. The van der Waals surface area contributed by atoms with Crippen molar-refractivity contribution in [3.8, 4) is 0 Å². The molecule has 3 fully saturated rings. The Hall–Kier alpha value is -1.28. The summed E-state index contributed by atoms with van der Waals surface area (Å²) < 4.78 is -0.562. The van der Waals surface area contributed by atoms with E-state index in [9.17, 15) is 19.5 Å². The van der Waals surface area contributed by atoms with Crippen molar-refractivity contribution < 1.29 is 19.5 Å². The Labute approximate surface area is 158 Å². The SMILES string of the molecule is CNC(=O)[C@@H]1[C@H]2C(=O)N(CCCO)C(C(=O)NC(C)C)C23S[C@@H]1CC3C. The molecule has 1 spiro atoms. The molecule has 8 heteroatoms. The van der Waals surface area contributed by atoms with Crippen molar-refractivity contribution in [1.29, 1.82) is 0 Å². The van der Waals surface area contributed by atoms with Gasteiger partial charge in [0.25, 0.3) is 0 Å². The van der Waals surface area contributed by atoms with E-state index in [0.29, 0.717) is 13.0 Å². The van der Waals surface area contributed by atoms with Crippen LogP contribution in [0.1, 0.15) is 33.6 Å². The van der Waals surface area contributed by atoms with Crippen LogP contribution in [-0.2, 0) is 14.4 Å². The van der Waals surface area contributed by atoms with Gasteiger partial charge in [-0.2, -0.15) is 0 Å². The highest BCUT2D eigenvalue weighted by Gasteiger charge is 2.75. The van der Waals surface area contributed by atoms with Crippen molar-refractivity contribution in [3.05, 3.63) is 0 Å². The summed E-state index contributed by atoms with van der Waals surface area (Å²) >= 11 is 1.67. The molecule has 3 aliphatic rings. The van der Waals surface area contributed by atoms with Crippen LogP contribution in [-0.4, -0.2) is 70.0 Å². The Morgan fingerprint density at radius 3 is 2.65 bits per heavy atom. The van der Waals surface area contributed by atoms with E-state index in [4.69, 9.17) is 0 Å². The summed E-state index contributed by atoms with van der Waals surface area (Å²) in [7, 11) is 1.60. The first-order valence-corrected chi connectivity index (χ1v) is 10.3. The fraction of sp³-hybridized carbons (Fsp3) is 0.833. The first-order valence-electron chi connectivity index (χ1n) is 9.40. The summed E-state index contributed by atoms with van der Waals surface area (Å²) in [6.07, 6.45) is 1.26. The number of carbonyl (C=O) groups is 3. The van der Waals surface area contributed by atoms with E-state index in [1.165, 1.54) is 0 Å². The molecule has 0 saturated carbocycles. The van der Waals surface area contributed by atoms with E-state index in [0.717, 1.165) is 6.42 Å². The zero-order chi connectivity index (χ0) is 19.2. The van der Waals surface area contributed by atoms with Crippen molar-refractivity contribution in [1.82, 2.24) is 15.5 Å². The third kappa shape index (κ3) is 2.64. The molecule has 3 saturated heterocycles. The fourth-order valence-electron chi connectivity index (χ4n) is 5.13. The molecule has 3 heterocycles. The van der Waals surface area contributed by atoms with Crippen LogP contribution < -0.4 is 10.6 Å². The number of hydrogen-bond donors (Lipinski definition) is 3. The number of amides is 3. The topological polar surface area (TPSA) is 98.7 Å². The van der Waals surface area contributed by atoms with Crippen LogP contribution in [0.2, 0.25) is 0 Å². The number of thioether (sulfide) groups is 1. The standard InChI is InChI=1S/C18H29N3O4S/c1-9(2)20-16(24)14-18-10(3)8-11(26-18)12(15(23)19-4)13(18)17(25)21(14)6-5-7-22/h9-14,22H,5-8H2,1-4H3,(H,19,23)(H,20,24)/t10?,11-,12+,13+,14?,18?/m1/s1. The van der Waals surface area contributed by atoms with Crippen molar-refractivity contribution in [2.24, 2.45) is 17.8 Å². The number of aliphatic hydroxyl groups excluding tert-OH is 1. The maximum atomic E-state index is 13.3. The summed E-state index contributed by atoms with van der Waals surface area (Å²) in [6.45, 7) is 6.20. The Morgan fingerprint density at radius 1 is 1.38 bits per heavy atom. The second-order valence-corrected chi connectivity index (χ2v) is 9.49. The van der Waals surface area contributed by atoms with Gasteiger partial charge in [-0.05, 0) is 32.6 Å². The molecular weight excluding hydrogens is 354 g/mol. The zero-order valence-corrected chi connectivity index (χ0v) is 16.6. The largest absolute Gasteiger partial charge is 0.396 e. The quantitative estimate of drug-likeness (QED) is 0.599. The van der Waals surface area contributed by atoms with Gasteiger partial charge < -0.3 is 20.6 Å². The molecule has 3 N–H and O–H groups in total. The van der Waals surface area contributed by atoms with E-state index in [2.05, 4.69) is 17.6 Å². The maximum absolute atomic E-state index is 13.3. The van der Waals surface area contributed by atoms with E-state index in [1.807, 2.05) is 13.8 Å². The van der Waals surface area contributed by atoms with Gasteiger partial charge in [0.2, 0.25) is 17.7 Å². The average Bonchev–Trinajstić information content (AvgIpc) is 3.15. The molecule has 3 aliphatic heterocycles. The average molecular weight is 384 g/mol. The third-order valence-corrected chi connectivity index (χ3v) is 8.11. The van der Waals surface area contributed by atoms with Crippen molar-refractivity contribution in [2.45, 2.75) is 55.7 Å². The lowest BCUT2D eigenvalue weighted by Crippen LogP contribution is -2.57. The molecule has 0 aromatic heterocycles. The highest BCUT2D eigenvalue weighted by atomic mass is 32.2. The van der Waals surface area contributed by atoms with Crippen molar-refractivity contribution in [2.75, 3.05) is 20.2 Å². The van der Waals surface area contributed by atoms with Crippen LogP contribution in [0, 0.1) is 17.8 Å². The molecule has 2 bridgehead atoms. The van der Waals surface area contributed by atoms with Crippen LogP contribution in [0.15, 0.2) is 0 Å². The Kier molecular flexibility index (Phi) is 5.27. The molecule has 0 radical (unpaired) electrons. The normalized spacial score (nSPS) is 38.0. The van der Waals surface area contributed by atoms with Crippen LogP contribution in [0.3, 0.4) is 0 Å². The number of rotatable bonds is 6. The summed E-state index contributed by atoms with van der Waals surface area (Å²) in [5, 5.41) is 15.0. The molecule has 0 aliphatic carbocycles. The first kappa shape index (κ1) is 19.5. The van der Waals surface area contributed by atoms with E-state index in [-0.39, 0.29) is 47.5 Å². The second-order valence-electron chi connectivity index (χ2n) is 7.94. The molecule has 6 atom stereocenters. The third-order valence-electron chi connectivity index (χ3n) is 6.03.